The Kier molecular flexibility index (Phi) is 5.77. The monoisotopic (exact) mass is 459 g/mol. The number of fused-ring (bicyclic) bond motifs is 2. The molecule has 0 spiro atoms. The number of rotatable bonds is 7. The highest BCUT2D eigenvalue weighted by atomic mass is 19.1. The average Bonchev–Trinajstić information content (AvgIpc) is 3.22. The van der Waals surface area contributed by atoms with Gasteiger partial charge < -0.3 is 15.0 Å². The third kappa shape index (κ3) is 4.57. The maximum atomic E-state index is 13.5. The van der Waals surface area contributed by atoms with Crippen molar-refractivity contribution in [2.24, 2.45) is 11.8 Å². The molecule has 1 aliphatic heterocycles. The zero-order valence-corrected chi connectivity index (χ0v) is 18.1. The van der Waals surface area contributed by atoms with Gasteiger partial charge >= 0.3 is 6.01 Å². The molecule has 8 nitrogen and oxygen atoms in total. The highest BCUT2D eigenvalue weighted by Gasteiger charge is 2.43. The summed E-state index contributed by atoms with van der Waals surface area (Å²) in [5.41, 5.74) is 0.931. The van der Waals surface area contributed by atoms with E-state index in [1.165, 1.54) is 4.68 Å². The lowest BCUT2D eigenvalue weighted by atomic mass is 9.92. The van der Waals surface area contributed by atoms with Crippen LogP contribution >= 0.6 is 0 Å². The van der Waals surface area contributed by atoms with Gasteiger partial charge in [-0.15, -0.1) is 5.10 Å². The van der Waals surface area contributed by atoms with Gasteiger partial charge in [0.15, 0.2) is 0 Å². The summed E-state index contributed by atoms with van der Waals surface area (Å²) in [5.74, 6) is 0.358. The first kappa shape index (κ1) is 21.5. The van der Waals surface area contributed by atoms with Gasteiger partial charge in [-0.1, -0.05) is 0 Å². The Bertz CT molecular complexity index is 1110. The summed E-state index contributed by atoms with van der Waals surface area (Å²) >= 11 is 0. The fraction of sp³-hybridized carbons (Fsp3) is 0.455. The van der Waals surface area contributed by atoms with Crippen LogP contribution in [0.2, 0.25) is 0 Å². The van der Waals surface area contributed by atoms with Gasteiger partial charge in [-0.2, -0.15) is 4.98 Å². The van der Waals surface area contributed by atoms with Gasteiger partial charge in [0.05, 0.1) is 6.54 Å². The van der Waals surface area contributed by atoms with Gasteiger partial charge in [-0.05, 0) is 31.6 Å². The number of piperidine rings is 1. The molecule has 1 N–H and O–H groups in total. The highest BCUT2D eigenvalue weighted by molar-refractivity contribution is 5.42. The molecule has 3 heterocycles. The Balaban J connectivity index is 1.32. The van der Waals surface area contributed by atoms with Crippen molar-refractivity contribution in [1.82, 2.24) is 24.7 Å². The van der Waals surface area contributed by atoms with Crippen molar-refractivity contribution >= 4 is 11.8 Å². The predicted octanol–water partition coefficient (Wildman–Crippen LogP) is 3.74. The molecule has 3 atom stereocenters. The quantitative estimate of drug-likeness (QED) is 0.576. The summed E-state index contributed by atoms with van der Waals surface area (Å²) in [5, 5.41) is 7.73. The van der Waals surface area contributed by atoms with Crippen molar-refractivity contribution < 1.29 is 17.9 Å². The Labute approximate surface area is 188 Å². The molecule has 2 bridgehead atoms. The first-order chi connectivity index (χ1) is 16.0. The maximum Gasteiger partial charge on any atom is 0.322 e. The van der Waals surface area contributed by atoms with Crippen LogP contribution < -0.4 is 15.0 Å². The van der Waals surface area contributed by atoms with Crippen LogP contribution in [0.1, 0.15) is 18.5 Å². The Morgan fingerprint density at radius 2 is 1.79 bits per heavy atom. The molecular weight excluding hydrogens is 435 g/mol. The van der Waals surface area contributed by atoms with Crippen LogP contribution in [0.25, 0.3) is 0 Å². The molecule has 1 saturated carbocycles. The lowest BCUT2D eigenvalue weighted by molar-refractivity contribution is 0.360. The largest absolute Gasteiger partial charge is 0.424 e. The predicted molar refractivity (Wildman–Crippen MR) is 115 cm³/mol. The van der Waals surface area contributed by atoms with Crippen LogP contribution in [0.3, 0.4) is 0 Å². The van der Waals surface area contributed by atoms with Crippen molar-refractivity contribution in [2.75, 3.05) is 30.0 Å². The molecule has 1 aromatic carbocycles. The van der Waals surface area contributed by atoms with Gasteiger partial charge in [-0.3, -0.25) is 0 Å². The van der Waals surface area contributed by atoms with E-state index in [2.05, 4.69) is 30.3 Å². The number of hydrogen-bond donors (Lipinski definition) is 1. The molecular formula is C22H24F3N7O. The van der Waals surface area contributed by atoms with Gasteiger partial charge in [0.25, 0.3) is 0 Å². The molecule has 5 rings (SSSR count). The zero-order valence-electron chi connectivity index (χ0n) is 18.1. The number of benzene rings is 1. The van der Waals surface area contributed by atoms with Crippen molar-refractivity contribution in [3.8, 4) is 11.8 Å². The molecule has 2 fully saturated rings. The second kappa shape index (κ2) is 8.87. The molecule has 0 radical (unpaired) electrons. The fourth-order valence-electron chi connectivity index (χ4n) is 4.79. The molecule has 33 heavy (non-hydrogen) atoms. The topological polar surface area (TPSA) is 81.0 Å². The van der Waals surface area contributed by atoms with E-state index in [0.717, 1.165) is 55.6 Å². The second-order valence-corrected chi connectivity index (χ2v) is 8.53. The van der Waals surface area contributed by atoms with Crippen LogP contribution in [0, 0.1) is 30.4 Å². The van der Waals surface area contributed by atoms with Crippen LogP contribution in [-0.4, -0.2) is 50.5 Å². The Morgan fingerprint density at radius 1 is 1.06 bits per heavy atom. The third-order valence-electron chi connectivity index (χ3n) is 6.22. The van der Waals surface area contributed by atoms with Crippen molar-refractivity contribution in [2.45, 2.75) is 32.4 Å². The molecule has 2 aliphatic rings. The van der Waals surface area contributed by atoms with Crippen LogP contribution in [0.5, 0.6) is 11.8 Å². The molecule has 2 aromatic heterocycles. The molecule has 3 aromatic rings. The van der Waals surface area contributed by atoms with Gasteiger partial charge in [-0.25, -0.2) is 27.8 Å². The minimum absolute atomic E-state index is 0.0265. The van der Waals surface area contributed by atoms with Gasteiger partial charge in [0.1, 0.15) is 36.2 Å². The number of nitrogens with one attached hydrogen (secondary N) is 1. The first-order valence-electron chi connectivity index (χ1n) is 10.9. The van der Waals surface area contributed by atoms with Gasteiger partial charge in [0.2, 0.25) is 5.95 Å². The lowest BCUT2D eigenvalue weighted by Gasteiger charge is -2.38. The van der Waals surface area contributed by atoms with Crippen LogP contribution in [0.15, 0.2) is 30.6 Å². The van der Waals surface area contributed by atoms with E-state index in [-0.39, 0.29) is 24.3 Å². The van der Waals surface area contributed by atoms with Crippen molar-refractivity contribution in [1.29, 1.82) is 0 Å². The van der Waals surface area contributed by atoms with Crippen molar-refractivity contribution in [3.05, 3.63) is 47.9 Å². The van der Waals surface area contributed by atoms with E-state index in [9.17, 15) is 13.2 Å². The number of alkyl halides is 1. The Hall–Kier alpha value is -3.37. The van der Waals surface area contributed by atoms with Crippen molar-refractivity contribution in [3.63, 3.8) is 0 Å². The highest BCUT2D eigenvalue weighted by Crippen LogP contribution is 2.39. The SMILES string of the molecule is Cc1cc(N2C[C@H]3CC[C@@H](C2)[C@@H]3Nc2nc(Oc3cc(F)cc(F)c3)n(CCF)n2)ncn1. The normalized spacial score (nSPS) is 21.9. The number of aryl methyl sites for hydroxylation is 2. The summed E-state index contributed by atoms with van der Waals surface area (Å²) < 4.78 is 46.9. The lowest BCUT2D eigenvalue weighted by Crippen LogP contribution is -2.48. The van der Waals surface area contributed by atoms with Crippen LogP contribution in [0.4, 0.5) is 24.9 Å². The molecule has 0 amide bonds. The molecule has 174 valence electrons. The number of nitrogens with zero attached hydrogens (tertiary/aromatic N) is 6. The number of anilines is 2. The number of hydrogen-bond acceptors (Lipinski definition) is 7. The molecule has 1 saturated heterocycles. The smallest absolute Gasteiger partial charge is 0.322 e. The summed E-state index contributed by atoms with van der Waals surface area (Å²) in [6.45, 7) is 2.88. The Morgan fingerprint density at radius 3 is 2.45 bits per heavy atom. The standard InChI is InChI=1S/C22H24F3N7O/c1-13-6-19(27-12-26-13)31-10-14-2-3-15(11-31)20(14)28-21-29-22(32(30-21)5-4-23)33-18-8-16(24)7-17(25)9-18/h6-9,12,14-15,20H,2-5,10-11H2,1H3,(H,28,30)/t14-,15+,20-. The van der Waals surface area contributed by atoms with E-state index in [0.29, 0.717) is 17.8 Å². The van der Waals surface area contributed by atoms with E-state index >= 15 is 0 Å². The maximum absolute atomic E-state index is 13.5. The number of aromatic nitrogens is 5. The molecule has 1 aliphatic carbocycles. The summed E-state index contributed by atoms with van der Waals surface area (Å²) in [4.78, 5) is 15.2. The summed E-state index contributed by atoms with van der Waals surface area (Å²) in [6, 6.07) is 4.94. The third-order valence-corrected chi connectivity index (χ3v) is 6.22. The average molecular weight is 459 g/mol. The van der Waals surface area contributed by atoms with E-state index in [1.807, 2.05) is 13.0 Å². The number of halogens is 3. The van der Waals surface area contributed by atoms with Gasteiger partial charge in [0, 0.05) is 49.1 Å². The summed E-state index contributed by atoms with van der Waals surface area (Å²) in [6.07, 6.45) is 3.73. The molecule has 11 heteroatoms. The molecule has 0 unspecified atom stereocenters. The fourth-order valence-corrected chi connectivity index (χ4v) is 4.79. The number of ether oxygens (including phenoxy) is 1. The summed E-state index contributed by atoms with van der Waals surface area (Å²) in [7, 11) is 0. The van der Waals surface area contributed by atoms with E-state index < -0.39 is 18.3 Å². The first-order valence-corrected chi connectivity index (χ1v) is 10.9. The van der Waals surface area contributed by atoms with E-state index in [1.54, 1.807) is 6.33 Å². The zero-order chi connectivity index (χ0) is 22.9. The van der Waals surface area contributed by atoms with E-state index in [4.69, 9.17) is 4.74 Å². The minimum atomic E-state index is -0.776. The van der Waals surface area contributed by atoms with Crippen LogP contribution in [-0.2, 0) is 6.54 Å². The second-order valence-electron chi connectivity index (χ2n) is 8.53. The minimum Gasteiger partial charge on any atom is -0.424 e.